The summed E-state index contributed by atoms with van der Waals surface area (Å²) in [7, 11) is 0. The third-order valence-electron chi connectivity index (χ3n) is 2.66. The zero-order valence-corrected chi connectivity index (χ0v) is 11.0. The highest BCUT2D eigenvalue weighted by Crippen LogP contribution is 2.16. The summed E-state index contributed by atoms with van der Waals surface area (Å²) in [5.74, 6) is 0.268. The average Bonchev–Trinajstić information content (AvgIpc) is 2.41. The maximum absolute atomic E-state index is 13.5. The predicted octanol–water partition coefficient (Wildman–Crippen LogP) is 3.46. The number of benzene rings is 2. The van der Waals surface area contributed by atoms with Gasteiger partial charge in [0.2, 0.25) is 0 Å². The number of hydrogen-bond acceptors (Lipinski definition) is 2. The third-order valence-corrected chi connectivity index (χ3v) is 2.89. The first-order valence-corrected chi connectivity index (χ1v) is 6.33. The van der Waals surface area contributed by atoms with Crippen molar-refractivity contribution < 1.29 is 14.2 Å². The predicted molar refractivity (Wildman–Crippen MR) is 73.1 cm³/mol. The van der Waals surface area contributed by atoms with Gasteiger partial charge >= 0.3 is 0 Å². The first-order valence-electron chi connectivity index (χ1n) is 5.95. The molecule has 0 radical (unpaired) electrons. The van der Waals surface area contributed by atoms with Crippen molar-refractivity contribution in [3.8, 4) is 5.75 Å². The van der Waals surface area contributed by atoms with Crippen LogP contribution in [0.5, 0.6) is 5.75 Å². The Balaban J connectivity index is 1.89. The standard InChI is InChI=1S/C15H14ClFO2/c16-12-7-6-11(15(17)9-12)8-13(18)10-19-14-4-2-1-3-5-14/h1-7,9,13,18H,8,10H2. The van der Waals surface area contributed by atoms with E-state index in [9.17, 15) is 9.50 Å². The first kappa shape index (κ1) is 13.8. The summed E-state index contributed by atoms with van der Waals surface area (Å²) in [5, 5.41) is 10.2. The van der Waals surface area contributed by atoms with Gasteiger partial charge in [0.25, 0.3) is 0 Å². The van der Waals surface area contributed by atoms with Crippen LogP contribution in [0.15, 0.2) is 48.5 Å². The SMILES string of the molecule is OC(COc1ccccc1)Cc1ccc(Cl)cc1F. The molecule has 1 N–H and O–H groups in total. The van der Waals surface area contributed by atoms with Gasteiger partial charge < -0.3 is 9.84 Å². The fraction of sp³-hybridized carbons (Fsp3) is 0.200. The van der Waals surface area contributed by atoms with Gasteiger partial charge in [-0.15, -0.1) is 0 Å². The van der Waals surface area contributed by atoms with Gasteiger partial charge in [-0.1, -0.05) is 35.9 Å². The van der Waals surface area contributed by atoms with Crippen LogP contribution in [0.2, 0.25) is 5.02 Å². The normalized spacial score (nSPS) is 12.2. The highest BCUT2D eigenvalue weighted by atomic mass is 35.5. The number of ether oxygens (including phenoxy) is 1. The van der Waals surface area contributed by atoms with E-state index in [1.54, 1.807) is 24.3 Å². The van der Waals surface area contributed by atoms with E-state index >= 15 is 0 Å². The Morgan fingerprint density at radius 3 is 2.58 bits per heavy atom. The number of para-hydroxylation sites is 1. The van der Waals surface area contributed by atoms with E-state index in [-0.39, 0.29) is 13.0 Å². The van der Waals surface area contributed by atoms with Gasteiger partial charge in [-0.25, -0.2) is 4.39 Å². The van der Waals surface area contributed by atoms with Crippen LogP contribution < -0.4 is 4.74 Å². The van der Waals surface area contributed by atoms with Crippen molar-refractivity contribution in [2.24, 2.45) is 0 Å². The Labute approximate surface area is 116 Å². The van der Waals surface area contributed by atoms with E-state index in [2.05, 4.69) is 0 Å². The van der Waals surface area contributed by atoms with Gasteiger partial charge in [-0.05, 0) is 29.8 Å². The smallest absolute Gasteiger partial charge is 0.127 e. The van der Waals surface area contributed by atoms with Gasteiger partial charge in [0.1, 0.15) is 18.2 Å². The number of halogens is 2. The fourth-order valence-corrected chi connectivity index (χ4v) is 1.87. The van der Waals surface area contributed by atoms with E-state index < -0.39 is 11.9 Å². The summed E-state index contributed by atoms with van der Waals surface area (Å²) in [6, 6.07) is 13.6. The zero-order chi connectivity index (χ0) is 13.7. The van der Waals surface area contributed by atoms with Gasteiger partial charge in [-0.3, -0.25) is 0 Å². The molecule has 0 saturated carbocycles. The summed E-state index contributed by atoms with van der Waals surface area (Å²) in [6.45, 7) is 0.117. The minimum Gasteiger partial charge on any atom is -0.491 e. The van der Waals surface area contributed by atoms with Gasteiger partial charge in [0.05, 0.1) is 6.10 Å². The Bertz CT molecular complexity index is 531. The molecule has 2 nitrogen and oxygen atoms in total. The fourth-order valence-electron chi connectivity index (χ4n) is 1.71. The van der Waals surface area contributed by atoms with Crippen LogP contribution >= 0.6 is 11.6 Å². The lowest BCUT2D eigenvalue weighted by molar-refractivity contribution is 0.107. The minimum atomic E-state index is -0.768. The highest BCUT2D eigenvalue weighted by molar-refractivity contribution is 6.30. The summed E-state index contributed by atoms with van der Waals surface area (Å²) in [5.41, 5.74) is 0.425. The first-order chi connectivity index (χ1) is 9.15. The van der Waals surface area contributed by atoms with Gasteiger partial charge in [0.15, 0.2) is 0 Å². The molecule has 0 saturated heterocycles. The maximum atomic E-state index is 13.5. The van der Waals surface area contributed by atoms with Crippen LogP contribution in [0.25, 0.3) is 0 Å². The zero-order valence-electron chi connectivity index (χ0n) is 10.2. The molecular weight excluding hydrogens is 267 g/mol. The number of rotatable bonds is 5. The second-order valence-electron chi connectivity index (χ2n) is 4.22. The highest BCUT2D eigenvalue weighted by Gasteiger charge is 2.10. The average molecular weight is 281 g/mol. The van der Waals surface area contributed by atoms with Crippen LogP contribution in [0.4, 0.5) is 4.39 Å². The molecule has 2 aromatic rings. The monoisotopic (exact) mass is 280 g/mol. The lowest BCUT2D eigenvalue weighted by Gasteiger charge is -2.13. The molecule has 0 aliphatic carbocycles. The summed E-state index contributed by atoms with van der Waals surface area (Å²) < 4.78 is 18.9. The van der Waals surface area contributed by atoms with Crippen molar-refractivity contribution in [3.63, 3.8) is 0 Å². The van der Waals surface area contributed by atoms with E-state index in [0.29, 0.717) is 16.3 Å². The third kappa shape index (κ3) is 4.23. The Hall–Kier alpha value is -1.58. The maximum Gasteiger partial charge on any atom is 0.127 e. The molecule has 0 heterocycles. The van der Waals surface area contributed by atoms with Crippen molar-refractivity contribution in [2.75, 3.05) is 6.61 Å². The molecular formula is C15H14ClFO2. The van der Waals surface area contributed by atoms with Gasteiger partial charge in [0, 0.05) is 11.4 Å². The molecule has 1 atom stereocenters. The molecule has 1 unspecified atom stereocenters. The molecule has 0 spiro atoms. The lowest BCUT2D eigenvalue weighted by Crippen LogP contribution is -2.20. The molecule has 0 aliphatic heterocycles. The lowest BCUT2D eigenvalue weighted by atomic mass is 10.1. The molecule has 19 heavy (non-hydrogen) atoms. The molecule has 0 fully saturated rings. The summed E-state index contributed by atoms with van der Waals surface area (Å²) >= 11 is 5.67. The second kappa shape index (κ2) is 6.55. The summed E-state index contributed by atoms with van der Waals surface area (Å²) in [6.07, 6.45) is -0.577. The minimum absolute atomic E-state index is 0.117. The van der Waals surface area contributed by atoms with Crippen molar-refractivity contribution in [1.82, 2.24) is 0 Å². The van der Waals surface area contributed by atoms with Crippen LogP contribution in [-0.2, 0) is 6.42 Å². The quantitative estimate of drug-likeness (QED) is 0.909. The molecule has 2 rings (SSSR count). The molecule has 0 amide bonds. The van der Waals surface area contributed by atoms with Crippen LogP contribution in [0, 0.1) is 5.82 Å². The van der Waals surface area contributed by atoms with Crippen molar-refractivity contribution >= 4 is 11.6 Å². The van der Waals surface area contributed by atoms with E-state index in [4.69, 9.17) is 16.3 Å². The number of aliphatic hydroxyl groups excluding tert-OH is 1. The topological polar surface area (TPSA) is 29.5 Å². The molecule has 0 bridgehead atoms. The van der Waals surface area contributed by atoms with E-state index in [0.717, 1.165) is 0 Å². The number of hydrogen-bond donors (Lipinski definition) is 1. The van der Waals surface area contributed by atoms with Crippen molar-refractivity contribution in [3.05, 3.63) is 64.9 Å². The number of aliphatic hydroxyl groups is 1. The van der Waals surface area contributed by atoms with Crippen molar-refractivity contribution in [2.45, 2.75) is 12.5 Å². The Morgan fingerprint density at radius 2 is 1.89 bits per heavy atom. The van der Waals surface area contributed by atoms with Crippen LogP contribution in [0.1, 0.15) is 5.56 Å². The van der Waals surface area contributed by atoms with Crippen LogP contribution in [0.3, 0.4) is 0 Å². The molecule has 4 heteroatoms. The van der Waals surface area contributed by atoms with E-state index in [1.807, 2.05) is 18.2 Å². The Morgan fingerprint density at radius 1 is 1.16 bits per heavy atom. The van der Waals surface area contributed by atoms with Crippen molar-refractivity contribution in [1.29, 1.82) is 0 Å². The van der Waals surface area contributed by atoms with Crippen LogP contribution in [-0.4, -0.2) is 17.8 Å². The largest absolute Gasteiger partial charge is 0.491 e. The molecule has 100 valence electrons. The van der Waals surface area contributed by atoms with Gasteiger partial charge in [-0.2, -0.15) is 0 Å². The second-order valence-corrected chi connectivity index (χ2v) is 4.65. The summed E-state index contributed by atoms with van der Waals surface area (Å²) in [4.78, 5) is 0. The molecule has 2 aromatic carbocycles. The molecule has 0 aromatic heterocycles. The van der Waals surface area contributed by atoms with E-state index in [1.165, 1.54) is 6.07 Å². The molecule has 0 aliphatic rings. The Kier molecular flexibility index (Phi) is 4.77.